The highest BCUT2D eigenvalue weighted by molar-refractivity contribution is 4.97. The molecule has 6 heteroatoms. The molecule has 0 saturated carbocycles. The topological polar surface area (TPSA) is 69.4 Å². The molecule has 6 nitrogen and oxygen atoms in total. The van der Waals surface area contributed by atoms with Crippen molar-refractivity contribution in [2.45, 2.75) is 26.2 Å². The van der Waals surface area contributed by atoms with Gasteiger partial charge < -0.3 is 19.1 Å². The Morgan fingerprint density at radius 2 is 2.13 bits per heavy atom. The van der Waals surface area contributed by atoms with E-state index < -0.39 is 0 Å². The van der Waals surface area contributed by atoms with Gasteiger partial charge in [0, 0.05) is 20.8 Å². The number of ether oxygens (including phenoxy) is 2. The average Bonchev–Trinajstić information content (AvgIpc) is 2.67. The Bertz CT molecular complexity index is 301. The maximum Gasteiger partial charge on any atom is 0.162 e. The molecule has 0 aliphatic heterocycles. The monoisotopic (exact) mass is 215 g/mol. The third kappa shape index (κ3) is 2.74. The van der Waals surface area contributed by atoms with Crippen LogP contribution < -0.4 is 0 Å². The lowest BCUT2D eigenvalue weighted by Crippen LogP contribution is -2.14. The van der Waals surface area contributed by atoms with E-state index in [1.807, 2.05) is 11.5 Å². The highest BCUT2D eigenvalue weighted by Crippen LogP contribution is 2.14. The van der Waals surface area contributed by atoms with Gasteiger partial charge in [-0.2, -0.15) is 0 Å². The summed E-state index contributed by atoms with van der Waals surface area (Å²) < 4.78 is 12.0. The van der Waals surface area contributed by atoms with Gasteiger partial charge in [0.05, 0.1) is 6.61 Å². The fourth-order valence-electron chi connectivity index (χ4n) is 1.30. The predicted octanol–water partition coefficient (Wildman–Crippen LogP) is 0.124. The molecule has 86 valence electrons. The van der Waals surface area contributed by atoms with E-state index in [4.69, 9.17) is 14.6 Å². The maximum atomic E-state index is 9.08. The normalized spacial score (nSPS) is 13.1. The number of rotatable bonds is 6. The third-order valence-electron chi connectivity index (χ3n) is 2.23. The van der Waals surface area contributed by atoms with Gasteiger partial charge in [0.25, 0.3) is 0 Å². The number of aliphatic hydroxyl groups excluding tert-OH is 1. The zero-order chi connectivity index (χ0) is 11.3. The summed E-state index contributed by atoms with van der Waals surface area (Å²) in [5.74, 6) is 1.24. The Morgan fingerprint density at radius 3 is 2.67 bits per heavy atom. The molecule has 1 aromatic rings. The SMILES string of the molecule is COCCn1c(CO)nnc1C(C)OC. The molecule has 1 N–H and O–H groups in total. The average molecular weight is 215 g/mol. The van der Waals surface area contributed by atoms with E-state index in [1.54, 1.807) is 14.2 Å². The largest absolute Gasteiger partial charge is 0.388 e. The molecule has 0 spiro atoms. The van der Waals surface area contributed by atoms with Gasteiger partial charge in [0.1, 0.15) is 12.7 Å². The van der Waals surface area contributed by atoms with Crippen LogP contribution in [0.15, 0.2) is 0 Å². The highest BCUT2D eigenvalue weighted by atomic mass is 16.5. The zero-order valence-electron chi connectivity index (χ0n) is 9.30. The standard InChI is InChI=1S/C9H17N3O3/c1-7(15-3)9-11-10-8(6-13)12(9)4-5-14-2/h7,13H,4-6H2,1-3H3. The lowest BCUT2D eigenvalue weighted by molar-refractivity contribution is 0.105. The molecule has 0 aliphatic rings. The molecular formula is C9H17N3O3. The number of hydrogen-bond acceptors (Lipinski definition) is 5. The molecule has 0 amide bonds. The van der Waals surface area contributed by atoms with Gasteiger partial charge >= 0.3 is 0 Å². The van der Waals surface area contributed by atoms with Crippen LogP contribution in [0.2, 0.25) is 0 Å². The minimum absolute atomic E-state index is 0.132. The Kier molecular flexibility index (Phi) is 4.67. The molecular weight excluding hydrogens is 198 g/mol. The van der Waals surface area contributed by atoms with Gasteiger partial charge in [-0.25, -0.2) is 0 Å². The Balaban J connectivity index is 2.89. The molecule has 1 atom stereocenters. The molecule has 0 aliphatic carbocycles. The van der Waals surface area contributed by atoms with E-state index in [-0.39, 0.29) is 12.7 Å². The fraction of sp³-hybridized carbons (Fsp3) is 0.778. The molecule has 0 aromatic carbocycles. The van der Waals surface area contributed by atoms with Crippen LogP contribution in [0.1, 0.15) is 24.7 Å². The van der Waals surface area contributed by atoms with Crippen LogP contribution in [0.4, 0.5) is 0 Å². The van der Waals surface area contributed by atoms with Crippen molar-refractivity contribution in [3.8, 4) is 0 Å². The molecule has 0 radical (unpaired) electrons. The van der Waals surface area contributed by atoms with Crippen molar-refractivity contribution < 1.29 is 14.6 Å². The van der Waals surface area contributed by atoms with Crippen molar-refractivity contribution in [3.05, 3.63) is 11.6 Å². The van der Waals surface area contributed by atoms with Crippen molar-refractivity contribution in [3.63, 3.8) is 0 Å². The summed E-state index contributed by atoms with van der Waals surface area (Å²) in [7, 11) is 3.24. The number of methoxy groups -OCH3 is 2. The second kappa shape index (κ2) is 5.79. The summed E-state index contributed by atoms with van der Waals surface area (Å²) in [6.45, 7) is 2.92. The van der Waals surface area contributed by atoms with E-state index in [2.05, 4.69) is 10.2 Å². The van der Waals surface area contributed by atoms with Gasteiger partial charge in [0.2, 0.25) is 0 Å². The molecule has 1 aromatic heterocycles. The van der Waals surface area contributed by atoms with Crippen molar-refractivity contribution in [1.29, 1.82) is 0 Å². The summed E-state index contributed by atoms with van der Waals surface area (Å²) >= 11 is 0. The van der Waals surface area contributed by atoms with Crippen LogP contribution in [0, 0.1) is 0 Å². The first kappa shape index (κ1) is 12.1. The minimum Gasteiger partial charge on any atom is -0.388 e. The third-order valence-corrected chi connectivity index (χ3v) is 2.23. The molecule has 1 rings (SSSR count). The van der Waals surface area contributed by atoms with E-state index in [1.165, 1.54) is 0 Å². The highest BCUT2D eigenvalue weighted by Gasteiger charge is 2.16. The molecule has 1 unspecified atom stereocenters. The lowest BCUT2D eigenvalue weighted by Gasteiger charge is -2.12. The van der Waals surface area contributed by atoms with E-state index in [0.717, 1.165) is 0 Å². The van der Waals surface area contributed by atoms with E-state index in [0.29, 0.717) is 24.8 Å². The van der Waals surface area contributed by atoms with Gasteiger partial charge in [-0.1, -0.05) is 0 Å². The van der Waals surface area contributed by atoms with Crippen LogP contribution >= 0.6 is 0 Å². The molecule has 0 fully saturated rings. The van der Waals surface area contributed by atoms with Crippen LogP contribution in [0.25, 0.3) is 0 Å². The summed E-state index contributed by atoms with van der Waals surface area (Å²) in [6, 6.07) is 0. The summed E-state index contributed by atoms with van der Waals surface area (Å²) in [6.07, 6.45) is -0.144. The number of aromatic nitrogens is 3. The van der Waals surface area contributed by atoms with Gasteiger partial charge in [-0.05, 0) is 6.92 Å². The van der Waals surface area contributed by atoms with Crippen LogP contribution in [0.3, 0.4) is 0 Å². The van der Waals surface area contributed by atoms with Crippen LogP contribution in [-0.2, 0) is 22.6 Å². The zero-order valence-corrected chi connectivity index (χ0v) is 9.30. The smallest absolute Gasteiger partial charge is 0.162 e. The van der Waals surface area contributed by atoms with Gasteiger partial charge in [-0.15, -0.1) is 10.2 Å². The molecule has 1 heterocycles. The predicted molar refractivity (Wildman–Crippen MR) is 53.2 cm³/mol. The van der Waals surface area contributed by atoms with Crippen molar-refractivity contribution in [2.24, 2.45) is 0 Å². The molecule has 15 heavy (non-hydrogen) atoms. The maximum absolute atomic E-state index is 9.08. The molecule has 0 saturated heterocycles. The van der Waals surface area contributed by atoms with Gasteiger partial charge in [0.15, 0.2) is 11.6 Å². The first-order chi connectivity index (χ1) is 7.24. The minimum atomic E-state index is -0.144. The Hall–Kier alpha value is -0.980. The number of hydrogen-bond donors (Lipinski definition) is 1. The first-order valence-corrected chi connectivity index (χ1v) is 4.79. The second-order valence-electron chi connectivity index (χ2n) is 3.15. The number of aliphatic hydroxyl groups is 1. The van der Waals surface area contributed by atoms with E-state index >= 15 is 0 Å². The van der Waals surface area contributed by atoms with Crippen LogP contribution in [0.5, 0.6) is 0 Å². The second-order valence-corrected chi connectivity index (χ2v) is 3.15. The van der Waals surface area contributed by atoms with Crippen LogP contribution in [-0.4, -0.2) is 40.7 Å². The van der Waals surface area contributed by atoms with Crippen molar-refractivity contribution in [1.82, 2.24) is 14.8 Å². The Labute approximate surface area is 88.8 Å². The fourth-order valence-corrected chi connectivity index (χ4v) is 1.30. The first-order valence-electron chi connectivity index (χ1n) is 4.79. The number of nitrogens with zero attached hydrogens (tertiary/aromatic N) is 3. The molecule has 0 bridgehead atoms. The van der Waals surface area contributed by atoms with Gasteiger partial charge in [-0.3, -0.25) is 0 Å². The summed E-state index contributed by atoms with van der Waals surface area (Å²) in [5, 5.41) is 16.9. The Morgan fingerprint density at radius 1 is 1.40 bits per heavy atom. The quantitative estimate of drug-likeness (QED) is 0.730. The van der Waals surface area contributed by atoms with E-state index in [9.17, 15) is 0 Å². The summed E-state index contributed by atoms with van der Waals surface area (Å²) in [4.78, 5) is 0. The van der Waals surface area contributed by atoms with Crippen molar-refractivity contribution >= 4 is 0 Å². The lowest BCUT2D eigenvalue weighted by atomic mass is 10.3. The summed E-state index contributed by atoms with van der Waals surface area (Å²) in [5.41, 5.74) is 0. The van der Waals surface area contributed by atoms with Crippen molar-refractivity contribution in [2.75, 3.05) is 20.8 Å².